The average Bonchev–Trinajstić information content (AvgIpc) is 2.86. The van der Waals surface area contributed by atoms with Gasteiger partial charge in [0.15, 0.2) is 11.5 Å². The Morgan fingerprint density at radius 2 is 1.21 bits per heavy atom. The van der Waals surface area contributed by atoms with Crippen LogP contribution in [0.15, 0.2) is 33.1 Å². The van der Waals surface area contributed by atoms with Gasteiger partial charge in [0.2, 0.25) is 0 Å². The third kappa shape index (κ3) is 1.60. The Labute approximate surface area is 83.5 Å². The number of hydrogen-bond acceptors (Lipinski definition) is 2. The smallest absolute Gasteiger partial charge is 0.169 e. The zero-order valence-electron chi connectivity index (χ0n) is 8.54. The largest absolute Gasteiger partial charge is 0.458 e. The molecule has 0 unspecified atom stereocenters. The molecule has 74 valence electrons. The molecular formula is C12H14O2. The van der Waals surface area contributed by atoms with Crippen LogP contribution >= 0.6 is 0 Å². The maximum Gasteiger partial charge on any atom is 0.169 e. The van der Waals surface area contributed by atoms with Gasteiger partial charge >= 0.3 is 0 Å². The summed E-state index contributed by atoms with van der Waals surface area (Å²) in [5.41, 5.74) is 0. The van der Waals surface area contributed by atoms with Crippen molar-refractivity contribution >= 4 is 0 Å². The molecule has 0 saturated heterocycles. The standard InChI is InChI=1S/C12H14O2/c1-3-9-5-7-11(13-9)12-8-6-10(4-2)14-12/h5-8H,3-4H2,1-2H3. The van der Waals surface area contributed by atoms with Gasteiger partial charge in [0.25, 0.3) is 0 Å². The topological polar surface area (TPSA) is 26.3 Å². The van der Waals surface area contributed by atoms with E-state index < -0.39 is 0 Å². The average molecular weight is 190 g/mol. The van der Waals surface area contributed by atoms with Crippen LogP contribution in [0.4, 0.5) is 0 Å². The third-order valence-electron chi connectivity index (χ3n) is 2.26. The zero-order valence-corrected chi connectivity index (χ0v) is 8.54. The summed E-state index contributed by atoms with van der Waals surface area (Å²) < 4.78 is 11.2. The number of hydrogen-bond donors (Lipinski definition) is 0. The van der Waals surface area contributed by atoms with Gasteiger partial charge in [-0.15, -0.1) is 0 Å². The highest BCUT2D eigenvalue weighted by Gasteiger charge is 2.07. The zero-order chi connectivity index (χ0) is 9.97. The fourth-order valence-electron chi connectivity index (χ4n) is 1.40. The first-order chi connectivity index (χ1) is 6.83. The van der Waals surface area contributed by atoms with Crippen molar-refractivity contribution in [3.05, 3.63) is 35.8 Å². The summed E-state index contributed by atoms with van der Waals surface area (Å²) in [6, 6.07) is 7.89. The van der Waals surface area contributed by atoms with E-state index in [4.69, 9.17) is 8.83 Å². The lowest BCUT2D eigenvalue weighted by atomic mass is 10.3. The van der Waals surface area contributed by atoms with Crippen LogP contribution in [0, 0.1) is 0 Å². The van der Waals surface area contributed by atoms with Crippen LogP contribution in [0.3, 0.4) is 0 Å². The summed E-state index contributed by atoms with van der Waals surface area (Å²) in [6.07, 6.45) is 1.84. The van der Waals surface area contributed by atoms with Crippen molar-refractivity contribution in [2.75, 3.05) is 0 Å². The highest BCUT2D eigenvalue weighted by Crippen LogP contribution is 2.24. The highest BCUT2D eigenvalue weighted by molar-refractivity contribution is 5.50. The van der Waals surface area contributed by atoms with Crippen LogP contribution in [0.2, 0.25) is 0 Å². The van der Waals surface area contributed by atoms with E-state index >= 15 is 0 Å². The van der Waals surface area contributed by atoms with Crippen LogP contribution in [0.25, 0.3) is 11.5 Å². The van der Waals surface area contributed by atoms with E-state index in [2.05, 4.69) is 13.8 Å². The van der Waals surface area contributed by atoms with Gasteiger partial charge in [-0.3, -0.25) is 0 Å². The predicted octanol–water partition coefficient (Wildman–Crippen LogP) is 3.66. The summed E-state index contributed by atoms with van der Waals surface area (Å²) in [7, 11) is 0. The van der Waals surface area contributed by atoms with Crippen molar-refractivity contribution in [2.45, 2.75) is 26.7 Å². The minimum absolute atomic E-state index is 0.821. The first-order valence-corrected chi connectivity index (χ1v) is 5.01. The normalized spacial score (nSPS) is 10.7. The van der Waals surface area contributed by atoms with E-state index in [-0.39, 0.29) is 0 Å². The molecule has 2 aromatic heterocycles. The Bertz CT molecular complexity index is 369. The second-order valence-corrected chi connectivity index (χ2v) is 3.24. The van der Waals surface area contributed by atoms with Gasteiger partial charge in [-0.1, -0.05) is 13.8 Å². The number of aryl methyl sites for hydroxylation is 2. The predicted molar refractivity (Wildman–Crippen MR) is 55.2 cm³/mol. The molecule has 0 saturated carbocycles. The SMILES string of the molecule is CCc1ccc(-c2ccc(CC)o2)o1. The van der Waals surface area contributed by atoms with E-state index in [0.717, 1.165) is 35.9 Å². The molecule has 2 heterocycles. The molecule has 14 heavy (non-hydrogen) atoms. The van der Waals surface area contributed by atoms with Gasteiger partial charge in [-0.2, -0.15) is 0 Å². The number of rotatable bonds is 3. The maximum atomic E-state index is 5.58. The highest BCUT2D eigenvalue weighted by atomic mass is 16.4. The molecule has 2 heteroatoms. The van der Waals surface area contributed by atoms with Crippen molar-refractivity contribution in [3.8, 4) is 11.5 Å². The molecule has 0 bridgehead atoms. The first-order valence-electron chi connectivity index (χ1n) is 5.01. The molecule has 0 amide bonds. The number of furan rings is 2. The second-order valence-electron chi connectivity index (χ2n) is 3.24. The van der Waals surface area contributed by atoms with Gasteiger partial charge in [0.1, 0.15) is 11.5 Å². The van der Waals surface area contributed by atoms with Crippen molar-refractivity contribution < 1.29 is 8.83 Å². The van der Waals surface area contributed by atoms with Crippen molar-refractivity contribution in [3.63, 3.8) is 0 Å². The Balaban J connectivity index is 2.29. The lowest BCUT2D eigenvalue weighted by Gasteiger charge is -1.91. The quantitative estimate of drug-likeness (QED) is 0.738. The molecular weight excluding hydrogens is 176 g/mol. The molecule has 0 aromatic carbocycles. The fraction of sp³-hybridized carbons (Fsp3) is 0.333. The molecule has 0 radical (unpaired) electrons. The molecule has 0 atom stereocenters. The fourth-order valence-corrected chi connectivity index (χ4v) is 1.40. The summed E-state index contributed by atoms with van der Waals surface area (Å²) in [4.78, 5) is 0. The molecule has 0 aliphatic rings. The summed E-state index contributed by atoms with van der Waals surface area (Å²) in [5.74, 6) is 3.63. The van der Waals surface area contributed by atoms with Gasteiger partial charge in [-0.05, 0) is 24.3 Å². The minimum Gasteiger partial charge on any atom is -0.458 e. The van der Waals surface area contributed by atoms with E-state index in [9.17, 15) is 0 Å². The minimum atomic E-state index is 0.821. The Kier molecular flexibility index (Phi) is 2.44. The van der Waals surface area contributed by atoms with Crippen LogP contribution < -0.4 is 0 Å². The first kappa shape index (κ1) is 9.13. The van der Waals surface area contributed by atoms with E-state index in [0.29, 0.717) is 0 Å². The summed E-state index contributed by atoms with van der Waals surface area (Å²) in [5, 5.41) is 0. The molecule has 2 aromatic rings. The molecule has 0 fully saturated rings. The molecule has 2 nitrogen and oxygen atoms in total. The molecule has 0 spiro atoms. The second kappa shape index (κ2) is 3.74. The van der Waals surface area contributed by atoms with Crippen molar-refractivity contribution in [2.24, 2.45) is 0 Å². The molecule has 0 aliphatic heterocycles. The van der Waals surface area contributed by atoms with Gasteiger partial charge in [0.05, 0.1) is 0 Å². The third-order valence-corrected chi connectivity index (χ3v) is 2.26. The van der Waals surface area contributed by atoms with Gasteiger partial charge < -0.3 is 8.83 Å². The van der Waals surface area contributed by atoms with Gasteiger partial charge in [-0.25, -0.2) is 0 Å². The van der Waals surface area contributed by atoms with Crippen LogP contribution in [-0.4, -0.2) is 0 Å². The van der Waals surface area contributed by atoms with Gasteiger partial charge in [0, 0.05) is 12.8 Å². The lowest BCUT2D eigenvalue weighted by molar-refractivity contribution is 0.479. The lowest BCUT2D eigenvalue weighted by Crippen LogP contribution is -1.71. The Morgan fingerprint density at radius 3 is 1.50 bits per heavy atom. The summed E-state index contributed by atoms with van der Waals surface area (Å²) >= 11 is 0. The monoisotopic (exact) mass is 190 g/mol. The molecule has 2 rings (SSSR count). The van der Waals surface area contributed by atoms with Crippen molar-refractivity contribution in [1.29, 1.82) is 0 Å². The van der Waals surface area contributed by atoms with E-state index in [1.54, 1.807) is 0 Å². The summed E-state index contributed by atoms with van der Waals surface area (Å²) in [6.45, 7) is 4.14. The van der Waals surface area contributed by atoms with Crippen LogP contribution in [0.5, 0.6) is 0 Å². The van der Waals surface area contributed by atoms with E-state index in [1.165, 1.54) is 0 Å². The van der Waals surface area contributed by atoms with Crippen LogP contribution in [-0.2, 0) is 12.8 Å². The van der Waals surface area contributed by atoms with Crippen LogP contribution in [0.1, 0.15) is 25.4 Å². The van der Waals surface area contributed by atoms with Crippen molar-refractivity contribution in [1.82, 2.24) is 0 Å². The Hall–Kier alpha value is -1.44. The maximum absolute atomic E-state index is 5.58. The Morgan fingerprint density at radius 1 is 0.786 bits per heavy atom. The molecule has 0 N–H and O–H groups in total. The van der Waals surface area contributed by atoms with E-state index in [1.807, 2.05) is 24.3 Å². The molecule has 0 aliphatic carbocycles.